The van der Waals surface area contributed by atoms with Gasteiger partial charge < -0.3 is 4.84 Å². The first-order chi connectivity index (χ1) is 6.85. The Bertz CT molecular complexity index is 459. The summed E-state index contributed by atoms with van der Waals surface area (Å²) >= 11 is 1.68. The summed E-state index contributed by atoms with van der Waals surface area (Å²) in [6, 6.07) is 7.77. The van der Waals surface area contributed by atoms with E-state index in [-0.39, 0.29) is 0 Å². The van der Waals surface area contributed by atoms with Crippen molar-refractivity contribution in [2.45, 2.75) is 4.90 Å². The smallest absolute Gasteiger partial charge is 0.157 e. The van der Waals surface area contributed by atoms with Crippen molar-refractivity contribution in [3.8, 4) is 5.75 Å². The van der Waals surface area contributed by atoms with Crippen molar-refractivity contribution in [3.05, 3.63) is 30.5 Å². The molecule has 14 heavy (non-hydrogen) atoms. The molecule has 1 heterocycles. The number of thioether (sulfide) groups is 1. The van der Waals surface area contributed by atoms with Gasteiger partial charge in [0.1, 0.15) is 0 Å². The summed E-state index contributed by atoms with van der Waals surface area (Å²) in [6.07, 6.45) is 3.71. The molecule has 4 heteroatoms. The Morgan fingerprint density at radius 3 is 2.93 bits per heavy atom. The average Bonchev–Trinajstić information content (AvgIpc) is 2.27. The van der Waals surface area contributed by atoms with Gasteiger partial charge in [-0.1, -0.05) is 0 Å². The molecule has 1 aromatic carbocycles. The fourth-order valence-electron chi connectivity index (χ4n) is 1.33. The van der Waals surface area contributed by atoms with Crippen molar-refractivity contribution in [2.24, 2.45) is 5.90 Å². The van der Waals surface area contributed by atoms with E-state index in [2.05, 4.69) is 4.98 Å². The standard InChI is InChI=1S/C10H10N2OS/c1-14-7-2-3-9-8(6-7)10(13-11)4-5-12-9/h2-6H,11H2,1H3. The first kappa shape index (κ1) is 9.30. The minimum Gasteiger partial charge on any atom is -0.411 e. The van der Waals surface area contributed by atoms with Gasteiger partial charge >= 0.3 is 0 Å². The topological polar surface area (TPSA) is 48.1 Å². The van der Waals surface area contributed by atoms with Crippen molar-refractivity contribution in [2.75, 3.05) is 6.26 Å². The second kappa shape index (κ2) is 3.86. The van der Waals surface area contributed by atoms with Crippen molar-refractivity contribution in [3.63, 3.8) is 0 Å². The highest BCUT2D eigenvalue weighted by molar-refractivity contribution is 7.98. The monoisotopic (exact) mass is 206 g/mol. The van der Waals surface area contributed by atoms with Gasteiger partial charge in [-0.3, -0.25) is 4.98 Å². The highest BCUT2D eigenvalue weighted by Crippen LogP contribution is 2.27. The summed E-state index contributed by atoms with van der Waals surface area (Å²) in [4.78, 5) is 10.2. The van der Waals surface area contributed by atoms with Crippen LogP contribution in [0.4, 0.5) is 0 Å². The molecule has 0 aliphatic carbocycles. The number of benzene rings is 1. The maximum absolute atomic E-state index is 5.17. The lowest BCUT2D eigenvalue weighted by Crippen LogP contribution is -2.02. The molecule has 0 unspecified atom stereocenters. The van der Waals surface area contributed by atoms with Crippen LogP contribution in [0.1, 0.15) is 0 Å². The Morgan fingerprint density at radius 2 is 2.21 bits per heavy atom. The van der Waals surface area contributed by atoms with Gasteiger partial charge in [0, 0.05) is 22.5 Å². The molecule has 0 fully saturated rings. The summed E-state index contributed by atoms with van der Waals surface area (Å²) in [5, 5.41) is 0.946. The molecule has 72 valence electrons. The molecule has 2 rings (SSSR count). The van der Waals surface area contributed by atoms with E-state index in [4.69, 9.17) is 10.7 Å². The highest BCUT2D eigenvalue weighted by atomic mass is 32.2. The van der Waals surface area contributed by atoms with Gasteiger partial charge in [0.2, 0.25) is 0 Å². The zero-order valence-corrected chi connectivity index (χ0v) is 8.54. The third kappa shape index (κ3) is 1.54. The van der Waals surface area contributed by atoms with Crippen molar-refractivity contribution < 1.29 is 4.84 Å². The van der Waals surface area contributed by atoms with Crippen LogP contribution in [-0.2, 0) is 0 Å². The summed E-state index contributed by atoms with van der Waals surface area (Å²) < 4.78 is 0. The molecule has 0 saturated heterocycles. The van der Waals surface area contributed by atoms with E-state index in [0.29, 0.717) is 5.75 Å². The van der Waals surface area contributed by atoms with Crippen LogP contribution in [0.2, 0.25) is 0 Å². The molecular weight excluding hydrogens is 196 g/mol. The number of hydrogen-bond acceptors (Lipinski definition) is 4. The van der Waals surface area contributed by atoms with E-state index in [1.54, 1.807) is 24.0 Å². The first-order valence-electron chi connectivity index (χ1n) is 4.14. The fourth-order valence-corrected chi connectivity index (χ4v) is 1.77. The van der Waals surface area contributed by atoms with E-state index < -0.39 is 0 Å². The number of aromatic nitrogens is 1. The van der Waals surface area contributed by atoms with Crippen LogP contribution in [0.5, 0.6) is 5.75 Å². The largest absolute Gasteiger partial charge is 0.411 e. The molecule has 3 nitrogen and oxygen atoms in total. The minimum atomic E-state index is 0.658. The Hall–Kier alpha value is -1.26. The molecular formula is C10H10N2OS. The third-order valence-corrected chi connectivity index (χ3v) is 2.76. The van der Waals surface area contributed by atoms with Gasteiger partial charge in [-0.05, 0) is 24.5 Å². The number of pyridine rings is 1. The minimum absolute atomic E-state index is 0.658. The van der Waals surface area contributed by atoms with Crippen LogP contribution in [-0.4, -0.2) is 11.2 Å². The highest BCUT2D eigenvalue weighted by Gasteiger charge is 2.02. The van der Waals surface area contributed by atoms with E-state index in [1.165, 1.54) is 4.90 Å². The number of fused-ring (bicyclic) bond motifs is 1. The lowest BCUT2D eigenvalue weighted by molar-refractivity contribution is 0.338. The average molecular weight is 206 g/mol. The van der Waals surface area contributed by atoms with Crippen LogP contribution in [0.15, 0.2) is 35.4 Å². The summed E-state index contributed by atoms with van der Waals surface area (Å²) in [7, 11) is 0. The predicted molar refractivity (Wildman–Crippen MR) is 58.3 cm³/mol. The maximum Gasteiger partial charge on any atom is 0.157 e. The van der Waals surface area contributed by atoms with Gasteiger partial charge in [-0.25, -0.2) is 0 Å². The van der Waals surface area contributed by atoms with Crippen LogP contribution in [0, 0.1) is 0 Å². The predicted octanol–water partition coefficient (Wildman–Crippen LogP) is 2.21. The lowest BCUT2D eigenvalue weighted by atomic mass is 10.2. The van der Waals surface area contributed by atoms with Gasteiger partial charge in [0.15, 0.2) is 5.75 Å². The van der Waals surface area contributed by atoms with Crippen molar-refractivity contribution in [1.29, 1.82) is 0 Å². The summed E-state index contributed by atoms with van der Waals surface area (Å²) in [5.74, 6) is 5.83. The molecule has 0 bridgehead atoms. The molecule has 0 spiro atoms. The number of rotatable bonds is 2. The zero-order valence-electron chi connectivity index (χ0n) is 7.73. The number of nitrogens with zero attached hydrogens (tertiary/aromatic N) is 1. The van der Waals surface area contributed by atoms with Crippen LogP contribution >= 0.6 is 11.8 Å². The van der Waals surface area contributed by atoms with Gasteiger partial charge in [-0.15, -0.1) is 11.8 Å². The second-order valence-corrected chi connectivity index (χ2v) is 3.69. The van der Waals surface area contributed by atoms with E-state index in [1.807, 2.05) is 24.5 Å². The van der Waals surface area contributed by atoms with Crippen LogP contribution < -0.4 is 10.7 Å². The van der Waals surface area contributed by atoms with Crippen molar-refractivity contribution >= 4 is 22.7 Å². The van der Waals surface area contributed by atoms with Crippen molar-refractivity contribution in [1.82, 2.24) is 4.98 Å². The molecule has 2 aromatic rings. The fraction of sp³-hybridized carbons (Fsp3) is 0.100. The third-order valence-electron chi connectivity index (χ3n) is 2.04. The molecule has 0 aliphatic heterocycles. The Balaban J connectivity index is 2.70. The molecule has 2 N–H and O–H groups in total. The first-order valence-corrected chi connectivity index (χ1v) is 5.37. The lowest BCUT2D eigenvalue weighted by Gasteiger charge is -2.04. The van der Waals surface area contributed by atoms with Gasteiger partial charge in [-0.2, -0.15) is 5.90 Å². The van der Waals surface area contributed by atoms with E-state index >= 15 is 0 Å². The number of nitrogens with two attached hydrogens (primary N) is 1. The summed E-state index contributed by atoms with van der Waals surface area (Å²) in [5.41, 5.74) is 0.894. The van der Waals surface area contributed by atoms with Gasteiger partial charge in [0.25, 0.3) is 0 Å². The zero-order chi connectivity index (χ0) is 9.97. The van der Waals surface area contributed by atoms with Gasteiger partial charge in [0.05, 0.1) is 5.52 Å². The van der Waals surface area contributed by atoms with Crippen LogP contribution in [0.25, 0.3) is 10.9 Å². The second-order valence-electron chi connectivity index (χ2n) is 2.81. The molecule has 0 amide bonds. The molecule has 0 saturated carbocycles. The SMILES string of the molecule is CSc1ccc2nccc(ON)c2c1. The quantitative estimate of drug-likeness (QED) is 0.604. The number of hydrogen-bond donors (Lipinski definition) is 1. The van der Waals surface area contributed by atoms with E-state index in [0.717, 1.165) is 10.9 Å². The maximum atomic E-state index is 5.17. The van der Waals surface area contributed by atoms with Crippen LogP contribution in [0.3, 0.4) is 0 Å². The van der Waals surface area contributed by atoms with E-state index in [9.17, 15) is 0 Å². The normalized spacial score (nSPS) is 10.4. The molecule has 1 aromatic heterocycles. The molecule has 0 aliphatic rings. The Kier molecular flexibility index (Phi) is 2.56. The Morgan fingerprint density at radius 1 is 1.36 bits per heavy atom. The molecule has 0 atom stereocenters. The summed E-state index contributed by atoms with van der Waals surface area (Å²) in [6.45, 7) is 0. The molecule has 0 radical (unpaired) electrons. The Labute approximate surface area is 86.2 Å².